The summed E-state index contributed by atoms with van der Waals surface area (Å²) >= 11 is 6.01. The van der Waals surface area contributed by atoms with Crippen molar-refractivity contribution in [2.24, 2.45) is 5.92 Å². The number of carbonyl (C=O) groups is 2. The van der Waals surface area contributed by atoms with Gasteiger partial charge in [0.2, 0.25) is 15.9 Å². The third kappa shape index (κ3) is 6.44. The lowest BCUT2D eigenvalue weighted by atomic mass is 9.98. The molecule has 2 amide bonds. The van der Waals surface area contributed by atoms with E-state index in [0.29, 0.717) is 48.9 Å². The molecule has 3 rings (SSSR count). The number of rotatable bonds is 6. The average Bonchev–Trinajstić information content (AvgIpc) is 2.78. The maximum Gasteiger partial charge on any atom is 0.269 e. The molecule has 0 atom stereocenters. The zero-order valence-electron chi connectivity index (χ0n) is 17.9. The van der Waals surface area contributed by atoms with Crippen molar-refractivity contribution >= 4 is 33.4 Å². The standard InChI is InChI=1S/C22H26ClN3O5S/c1-15-13-19(7-8-20(15)23)31-14-16-3-5-17(6-4-16)21(27)24-25-22(28)18-9-11-26(12-10-18)32(2,29)30/h3-8,13,18H,9-12,14H2,1-2H3,(H,24,27)(H,25,28). The van der Waals surface area contributed by atoms with Gasteiger partial charge in [0.25, 0.3) is 5.91 Å². The number of sulfonamides is 1. The van der Waals surface area contributed by atoms with Crippen molar-refractivity contribution in [3.63, 3.8) is 0 Å². The highest BCUT2D eigenvalue weighted by Crippen LogP contribution is 2.22. The molecule has 32 heavy (non-hydrogen) atoms. The molecular weight excluding hydrogens is 454 g/mol. The molecule has 0 aromatic heterocycles. The molecule has 1 saturated heterocycles. The van der Waals surface area contributed by atoms with Crippen molar-refractivity contribution in [1.82, 2.24) is 15.2 Å². The van der Waals surface area contributed by atoms with Gasteiger partial charge in [-0.2, -0.15) is 0 Å². The van der Waals surface area contributed by atoms with E-state index in [0.717, 1.165) is 17.4 Å². The second-order valence-electron chi connectivity index (χ2n) is 7.78. The maximum atomic E-state index is 12.3. The van der Waals surface area contributed by atoms with Gasteiger partial charge in [-0.3, -0.25) is 20.4 Å². The third-order valence-corrected chi connectivity index (χ3v) is 7.07. The van der Waals surface area contributed by atoms with E-state index in [1.165, 1.54) is 4.31 Å². The summed E-state index contributed by atoms with van der Waals surface area (Å²) in [6.07, 6.45) is 1.98. The van der Waals surface area contributed by atoms with Gasteiger partial charge in [0, 0.05) is 29.6 Å². The van der Waals surface area contributed by atoms with Crippen molar-refractivity contribution < 1.29 is 22.7 Å². The zero-order valence-corrected chi connectivity index (χ0v) is 19.5. The van der Waals surface area contributed by atoms with Crippen LogP contribution in [0.25, 0.3) is 0 Å². The molecule has 10 heteroatoms. The molecule has 8 nitrogen and oxygen atoms in total. The second kappa shape index (κ2) is 10.3. The van der Waals surface area contributed by atoms with E-state index in [1.807, 2.05) is 13.0 Å². The summed E-state index contributed by atoms with van der Waals surface area (Å²) < 4.78 is 30.2. The number of hydrazine groups is 1. The fraction of sp³-hybridized carbons (Fsp3) is 0.364. The van der Waals surface area contributed by atoms with Crippen LogP contribution >= 0.6 is 11.6 Å². The van der Waals surface area contributed by atoms with Crippen LogP contribution in [0.1, 0.15) is 34.3 Å². The van der Waals surface area contributed by atoms with E-state index in [2.05, 4.69) is 10.9 Å². The number of benzene rings is 2. The number of nitrogens with one attached hydrogen (secondary N) is 2. The van der Waals surface area contributed by atoms with Gasteiger partial charge < -0.3 is 4.74 Å². The van der Waals surface area contributed by atoms with Crippen LogP contribution in [-0.4, -0.2) is 43.9 Å². The Morgan fingerprint density at radius 3 is 2.34 bits per heavy atom. The molecule has 172 valence electrons. The van der Waals surface area contributed by atoms with E-state index >= 15 is 0 Å². The summed E-state index contributed by atoms with van der Waals surface area (Å²) in [5, 5.41) is 0.680. The van der Waals surface area contributed by atoms with E-state index in [-0.39, 0.29) is 11.8 Å². The van der Waals surface area contributed by atoms with Crippen LogP contribution in [0, 0.1) is 12.8 Å². The number of carbonyl (C=O) groups excluding carboxylic acids is 2. The van der Waals surface area contributed by atoms with Gasteiger partial charge in [-0.15, -0.1) is 0 Å². The summed E-state index contributed by atoms with van der Waals surface area (Å²) in [6.45, 7) is 2.83. The molecule has 2 N–H and O–H groups in total. The van der Waals surface area contributed by atoms with Crippen LogP contribution in [0.5, 0.6) is 5.75 Å². The van der Waals surface area contributed by atoms with Crippen molar-refractivity contribution in [3.8, 4) is 5.75 Å². The largest absolute Gasteiger partial charge is 0.489 e. The Kier molecular flexibility index (Phi) is 7.76. The molecule has 0 bridgehead atoms. The number of amides is 2. The molecule has 0 aliphatic carbocycles. The van der Waals surface area contributed by atoms with Crippen LogP contribution in [-0.2, 0) is 21.4 Å². The maximum absolute atomic E-state index is 12.3. The van der Waals surface area contributed by atoms with Gasteiger partial charge in [-0.25, -0.2) is 12.7 Å². The molecule has 2 aromatic rings. The predicted octanol–water partition coefficient (Wildman–Crippen LogP) is 2.66. The first-order valence-corrected chi connectivity index (χ1v) is 12.4. The summed E-state index contributed by atoms with van der Waals surface area (Å²) in [5.41, 5.74) is 7.05. The van der Waals surface area contributed by atoms with Crippen molar-refractivity contribution in [2.75, 3.05) is 19.3 Å². The van der Waals surface area contributed by atoms with E-state index in [9.17, 15) is 18.0 Å². The van der Waals surface area contributed by atoms with Crippen LogP contribution < -0.4 is 15.6 Å². The van der Waals surface area contributed by atoms with Crippen molar-refractivity contribution in [2.45, 2.75) is 26.4 Å². The Morgan fingerprint density at radius 2 is 1.75 bits per heavy atom. The number of hydrogen-bond donors (Lipinski definition) is 2. The first-order valence-electron chi connectivity index (χ1n) is 10.2. The predicted molar refractivity (Wildman–Crippen MR) is 122 cm³/mol. The first kappa shape index (κ1) is 24.0. The molecule has 1 heterocycles. The first-order chi connectivity index (χ1) is 15.1. The molecule has 0 radical (unpaired) electrons. The Balaban J connectivity index is 1.45. The Bertz CT molecular complexity index is 1080. The third-order valence-electron chi connectivity index (χ3n) is 5.34. The SMILES string of the molecule is Cc1cc(OCc2ccc(C(=O)NNC(=O)C3CCN(S(C)(=O)=O)CC3)cc2)ccc1Cl. The molecular formula is C22H26ClN3O5S. The summed E-state index contributed by atoms with van der Waals surface area (Å²) in [4.78, 5) is 24.6. The Hall–Kier alpha value is -2.62. The minimum absolute atomic E-state index is 0.296. The normalized spacial score (nSPS) is 15.2. The van der Waals surface area contributed by atoms with Crippen molar-refractivity contribution in [1.29, 1.82) is 0 Å². The van der Waals surface area contributed by atoms with E-state index < -0.39 is 15.9 Å². The molecule has 0 saturated carbocycles. The molecule has 1 fully saturated rings. The molecule has 0 unspecified atom stereocenters. The lowest BCUT2D eigenvalue weighted by molar-refractivity contribution is -0.126. The molecule has 1 aliphatic heterocycles. The zero-order chi connectivity index (χ0) is 23.3. The Labute approximate surface area is 192 Å². The number of ether oxygens (including phenoxy) is 1. The fourth-order valence-electron chi connectivity index (χ4n) is 3.37. The van der Waals surface area contributed by atoms with Gasteiger partial charge in [0.05, 0.1) is 6.26 Å². The summed E-state index contributed by atoms with van der Waals surface area (Å²) in [6, 6.07) is 12.3. The van der Waals surface area contributed by atoms with E-state index in [4.69, 9.17) is 16.3 Å². The van der Waals surface area contributed by atoms with Crippen LogP contribution in [0.15, 0.2) is 42.5 Å². The average molecular weight is 480 g/mol. The number of hydrogen-bond acceptors (Lipinski definition) is 5. The van der Waals surface area contributed by atoms with E-state index in [1.54, 1.807) is 36.4 Å². The number of aryl methyl sites for hydroxylation is 1. The summed E-state index contributed by atoms with van der Waals surface area (Å²) in [5.74, 6) is -0.398. The molecule has 0 spiro atoms. The summed E-state index contributed by atoms with van der Waals surface area (Å²) in [7, 11) is -3.25. The minimum Gasteiger partial charge on any atom is -0.489 e. The number of halogens is 1. The lowest BCUT2D eigenvalue weighted by Crippen LogP contribution is -2.48. The topological polar surface area (TPSA) is 105 Å². The van der Waals surface area contributed by atoms with Crippen molar-refractivity contribution in [3.05, 3.63) is 64.2 Å². The highest BCUT2D eigenvalue weighted by molar-refractivity contribution is 7.88. The van der Waals surface area contributed by atoms with Crippen LogP contribution in [0.2, 0.25) is 5.02 Å². The number of piperidine rings is 1. The molecule has 2 aromatic carbocycles. The quantitative estimate of drug-likeness (QED) is 0.620. The van der Waals surface area contributed by atoms with Gasteiger partial charge >= 0.3 is 0 Å². The highest BCUT2D eigenvalue weighted by atomic mass is 35.5. The highest BCUT2D eigenvalue weighted by Gasteiger charge is 2.29. The second-order valence-corrected chi connectivity index (χ2v) is 10.2. The smallest absolute Gasteiger partial charge is 0.269 e. The minimum atomic E-state index is -3.25. The molecule has 1 aliphatic rings. The monoisotopic (exact) mass is 479 g/mol. The van der Waals surface area contributed by atoms with Crippen LogP contribution in [0.4, 0.5) is 0 Å². The van der Waals surface area contributed by atoms with Gasteiger partial charge in [-0.1, -0.05) is 23.7 Å². The Morgan fingerprint density at radius 1 is 1.09 bits per heavy atom. The van der Waals surface area contributed by atoms with Gasteiger partial charge in [-0.05, 0) is 61.2 Å². The fourth-order valence-corrected chi connectivity index (χ4v) is 4.36. The van der Waals surface area contributed by atoms with Gasteiger partial charge in [0.1, 0.15) is 12.4 Å². The lowest BCUT2D eigenvalue weighted by Gasteiger charge is -2.29. The van der Waals surface area contributed by atoms with Crippen LogP contribution in [0.3, 0.4) is 0 Å². The number of nitrogens with zero attached hydrogens (tertiary/aromatic N) is 1. The van der Waals surface area contributed by atoms with Gasteiger partial charge in [0.15, 0.2) is 0 Å².